The van der Waals surface area contributed by atoms with E-state index in [4.69, 9.17) is 4.74 Å². The molecule has 7 heteroatoms. The van der Waals surface area contributed by atoms with Crippen LogP contribution in [0.15, 0.2) is 42.5 Å². The molecule has 0 fully saturated rings. The summed E-state index contributed by atoms with van der Waals surface area (Å²) < 4.78 is 20.1. The van der Waals surface area contributed by atoms with Gasteiger partial charge in [0.15, 0.2) is 5.13 Å². The number of hydrogen-bond acceptors (Lipinski definition) is 5. The molecule has 27 heavy (non-hydrogen) atoms. The van der Waals surface area contributed by atoms with E-state index in [1.807, 2.05) is 26.2 Å². The minimum absolute atomic E-state index is 0.203. The molecule has 0 aliphatic heterocycles. The molecule has 5 nitrogen and oxygen atoms in total. The summed E-state index contributed by atoms with van der Waals surface area (Å²) in [6.07, 6.45) is 0.770. The number of carbonyl (C=O) groups excluding carboxylic acids is 1. The van der Waals surface area contributed by atoms with Gasteiger partial charge in [0.2, 0.25) is 0 Å². The van der Waals surface area contributed by atoms with Gasteiger partial charge in [-0.25, -0.2) is 9.37 Å². The fourth-order valence-electron chi connectivity index (χ4n) is 2.81. The third-order valence-electron chi connectivity index (χ3n) is 4.16. The Balaban J connectivity index is 1.99. The zero-order chi connectivity index (χ0) is 19.4. The van der Waals surface area contributed by atoms with Crippen LogP contribution < -0.4 is 9.64 Å². The lowest BCUT2D eigenvalue weighted by Crippen LogP contribution is -2.33. The number of thiazole rings is 1. The van der Waals surface area contributed by atoms with E-state index in [9.17, 15) is 9.18 Å². The molecule has 1 amide bonds. The highest BCUT2D eigenvalue weighted by atomic mass is 32.1. The molecule has 0 spiro atoms. The number of anilines is 1. The number of ether oxygens (including phenoxy) is 1. The minimum atomic E-state index is -0.381. The first-order valence-electron chi connectivity index (χ1n) is 8.66. The van der Waals surface area contributed by atoms with Crippen LogP contribution in [-0.4, -0.2) is 50.1 Å². The van der Waals surface area contributed by atoms with Crippen LogP contribution in [0.4, 0.5) is 9.52 Å². The molecule has 3 aromatic rings. The maximum absolute atomic E-state index is 14.1. The Kier molecular flexibility index (Phi) is 6.03. The fraction of sp³-hybridized carbons (Fsp3) is 0.300. The van der Waals surface area contributed by atoms with Crippen LogP contribution in [0.25, 0.3) is 10.2 Å². The number of para-hydroxylation sites is 2. The molecule has 0 aliphatic rings. The van der Waals surface area contributed by atoms with Gasteiger partial charge in [-0.05, 0) is 51.3 Å². The second kappa shape index (κ2) is 8.45. The first kappa shape index (κ1) is 19.3. The molecule has 142 valence electrons. The summed E-state index contributed by atoms with van der Waals surface area (Å²) in [5, 5.41) is 0.491. The molecule has 2 aromatic carbocycles. The van der Waals surface area contributed by atoms with Crippen molar-refractivity contribution in [2.24, 2.45) is 0 Å². The van der Waals surface area contributed by atoms with Gasteiger partial charge in [0.05, 0.1) is 17.4 Å². The van der Waals surface area contributed by atoms with Crippen LogP contribution in [0.3, 0.4) is 0 Å². The molecule has 0 saturated carbocycles. The van der Waals surface area contributed by atoms with E-state index >= 15 is 0 Å². The summed E-state index contributed by atoms with van der Waals surface area (Å²) in [7, 11) is 5.51. The lowest BCUT2D eigenvalue weighted by Gasteiger charge is -2.22. The van der Waals surface area contributed by atoms with Gasteiger partial charge < -0.3 is 9.64 Å². The van der Waals surface area contributed by atoms with Crippen molar-refractivity contribution in [3.63, 3.8) is 0 Å². The first-order chi connectivity index (χ1) is 13.0. The molecule has 1 heterocycles. The number of benzene rings is 2. The zero-order valence-corrected chi connectivity index (χ0v) is 16.4. The molecule has 0 N–H and O–H groups in total. The van der Waals surface area contributed by atoms with Crippen LogP contribution in [0.5, 0.6) is 5.75 Å². The van der Waals surface area contributed by atoms with Gasteiger partial charge >= 0.3 is 0 Å². The van der Waals surface area contributed by atoms with E-state index in [0.29, 0.717) is 28.5 Å². The van der Waals surface area contributed by atoms with Crippen LogP contribution in [-0.2, 0) is 0 Å². The Hall–Kier alpha value is -2.51. The van der Waals surface area contributed by atoms with Gasteiger partial charge in [0, 0.05) is 6.54 Å². The van der Waals surface area contributed by atoms with Crippen molar-refractivity contribution in [1.82, 2.24) is 9.88 Å². The normalized spacial score (nSPS) is 11.1. The van der Waals surface area contributed by atoms with Crippen molar-refractivity contribution >= 4 is 32.6 Å². The topological polar surface area (TPSA) is 45.7 Å². The van der Waals surface area contributed by atoms with Crippen molar-refractivity contribution < 1.29 is 13.9 Å². The van der Waals surface area contributed by atoms with Crippen molar-refractivity contribution in [1.29, 1.82) is 0 Å². The predicted molar refractivity (Wildman–Crippen MR) is 107 cm³/mol. The smallest absolute Gasteiger partial charge is 0.263 e. The van der Waals surface area contributed by atoms with Gasteiger partial charge in [0.1, 0.15) is 17.1 Å². The summed E-state index contributed by atoms with van der Waals surface area (Å²) in [5.74, 6) is -0.0777. The Morgan fingerprint density at radius 1 is 1.15 bits per heavy atom. The Bertz CT molecular complexity index is 942. The average Bonchev–Trinajstić information content (AvgIpc) is 3.10. The van der Waals surface area contributed by atoms with Crippen molar-refractivity contribution in [2.75, 3.05) is 39.2 Å². The van der Waals surface area contributed by atoms with Crippen LogP contribution in [0.2, 0.25) is 0 Å². The summed E-state index contributed by atoms with van der Waals surface area (Å²) >= 11 is 1.31. The SMILES string of the molecule is COc1ccccc1C(=O)N(CCCN(C)C)c1nc2c(F)cccc2s1. The van der Waals surface area contributed by atoms with Crippen LogP contribution >= 0.6 is 11.3 Å². The third kappa shape index (κ3) is 4.26. The molecule has 1 aromatic heterocycles. The van der Waals surface area contributed by atoms with E-state index in [-0.39, 0.29) is 11.7 Å². The number of carbonyl (C=O) groups is 1. The Labute approximate surface area is 162 Å². The molecule has 0 bridgehead atoms. The van der Waals surface area contributed by atoms with E-state index in [0.717, 1.165) is 17.7 Å². The van der Waals surface area contributed by atoms with Crippen LogP contribution in [0, 0.1) is 5.82 Å². The van der Waals surface area contributed by atoms with E-state index in [2.05, 4.69) is 9.88 Å². The zero-order valence-electron chi connectivity index (χ0n) is 15.6. The number of aromatic nitrogens is 1. The predicted octanol–water partition coefficient (Wildman–Crippen LogP) is 4.04. The molecule has 3 rings (SSSR count). The molecular formula is C20H22FN3O2S. The summed E-state index contributed by atoms with van der Waals surface area (Å²) in [6.45, 7) is 1.31. The van der Waals surface area contributed by atoms with Gasteiger partial charge in [-0.2, -0.15) is 0 Å². The van der Waals surface area contributed by atoms with Gasteiger partial charge in [-0.3, -0.25) is 9.69 Å². The Morgan fingerprint density at radius 3 is 2.63 bits per heavy atom. The van der Waals surface area contributed by atoms with Crippen LogP contribution in [0.1, 0.15) is 16.8 Å². The molecular weight excluding hydrogens is 365 g/mol. The fourth-order valence-corrected chi connectivity index (χ4v) is 3.82. The van der Waals surface area contributed by atoms with E-state index < -0.39 is 0 Å². The first-order valence-corrected chi connectivity index (χ1v) is 9.47. The van der Waals surface area contributed by atoms with Gasteiger partial charge in [-0.15, -0.1) is 0 Å². The quantitative estimate of drug-likeness (QED) is 0.614. The van der Waals surface area contributed by atoms with Crippen molar-refractivity contribution in [3.05, 3.63) is 53.8 Å². The lowest BCUT2D eigenvalue weighted by molar-refractivity contribution is 0.0983. The summed E-state index contributed by atoms with van der Waals surface area (Å²) in [4.78, 5) is 21.4. The van der Waals surface area contributed by atoms with Crippen molar-refractivity contribution in [2.45, 2.75) is 6.42 Å². The number of amides is 1. The number of methoxy groups -OCH3 is 1. The van der Waals surface area contributed by atoms with Crippen molar-refractivity contribution in [3.8, 4) is 5.75 Å². The molecule has 0 radical (unpaired) electrons. The summed E-state index contributed by atoms with van der Waals surface area (Å²) in [5.41, 5.74) is 0.757. The highest BCUT2D eigenvalue weighted by Crippen LogP contribution is 2.32. The molecule has 0 aliphatic carbocycles. The standard InChI is InChI=1S/C20H22FN3O2S/c1-23(2)12-7-13-24(19(25)14-8-4-5-10-16(14)26-3)20-22-18-15(21)9-6-11-17(18)27-20/h4-6,8-11H,7,12-13H2,1-3H3. The maximum atomic E-state index is 14.1. The monoisotopic (exact) mass is 387 g/mol. The number of nitrogens with zero attached hydrogens (tertiary/aromatic N) is 3. The highest BCUT2D eigenvalue weighted by molar-refractivity contribution is 7.22. The highest BCUT2D eigenvalue weighted by Gasteiger charge is 2.24. The van der Waals surface area contributed by atoms with E-state index in [1.54, 1.807) is 29.2 Å². The van der Waals surface area contributed by atoms with E-state index in [1.165, 1.54) is 24.5 Å². The Morgan fingerprint density at radius 2 is 1.93 bits per heavy atom. The van der Waals surface area contributed by atoms with Gasteiger partial charge in [-0.1, -0.05) is 29.5 Å². The molecule has 0 saturated heterocycles. The number of hydrogen-bond donors (Lipinski definition) is 0. The largest absolute Gasteiger partial charge is 0.496 e. The number of halogens is 1. The molecule has 0 unspecified atom stereocenters. The number of fused-ring (bicyclic) bond motifs is 1. The second-order valence-corrected chi connectivity index (χ2v) is 7.41. The average molecular weight is 387 g/mol. The maximum Gasteiger partial charge on any atom is 0.263 e. The molecule has 0 atom stereocenters. The number of rotatable bonds is 7. The summed E-state index contributed by atoms with van der Waals surface area (Å²) in [6, 6.07) is 11.9. The minimum Gasteiger partial charge on any atom is -0.496 e. The van der Waals surface area contributed by atoms with Gasteiger partial charge in [0.25, 0.3) is 5.91 Å². The lowest BCUT2D eigenvalue weighted by atomic mass is 10.1. The second-order valence-electron chi connectivity index (χ2n) is 6.40. The third-order valence-corrected chi connectivity index (χ3v) is 5.20.